The average Bonchev–Trinajstić information content (AvgIpc) is 3.44. The first-order valence-electron chi connectivity index (χ1n) is 14.5. The van der Waals surface area contributed by atoms with E-state index in [2.05, 4.69) is 5.32 Å². The van der Waals surface area contributed by atoms with E-state index in [4.69, 9.17) is 4.74 Å². The smallest absolute Gasteiger partial charge is 0.338 e. The minimum atomic E-state index is -0.802. The molecule has 45 heavy (non-hydrogen) atoms. The molecule has 222 valence electrons. The molecule has 1 aliphatic rings. The predicted molar refractivity (Wildman–Crippen MR) is 173 cm³/mol. The summed E-state index contributed by atoms with van der Waals surface area (Å²) in [5.41, 5.74) is 5.92. The van der Waals surface area contributed by atoms with Crippen LogP contribution in [0, 0.1) is 6.92 Å². The number of nitrogens with one attached hydrogen (secondary N) is 1. The van der Waals surface area contributed by atoms with Crippen LogP contribution in [0.5, 0.6) is 0 Å². The molecule has 4 amide bonds. The first kappa shape index (κ1) is 29.1. The molecule has 0 spiro atoms. The number of barbiturate groups is 1. The number of hydrogen-bond acceptors (Lipinski definition) is 5. The van der Waals surface area contributed by atoms with Gasteiger partial charge in [-0.3, -0.25) is 14.9 Å². The van der Waals surface area contributed by atoms with Gasteiger partial charge in [0.15, 0.2) is 0 Å². The Balaban J connectivity index is 1.58. The molecule has 1 fully saturated rings. The Morgan fingerprint density at radius 1 is 0.800 bits per heavy atom. The van der Waals surface area contributed by atoms with Crippen molar-refractivity contribution < 1.29 is 23.9 Å². The molecule has 4 aromatic carbocycles. The van der Waals surface area contributed by atoms with E-state index in [0.717, 1.165) is 27.4 Å². The lowest BCUT2D eigenvalue weighted by Gasteiger charge is -2.27. The fraction of sp³-hybridized carbons (Fsp3) is 0.0811. The van der Waals surface area contributed by atoms with Gasteiger partial charge in [-0.2, -0.15) is 0 Å². The summed E-state index contributed by atoms with van der Waals surface area (Å²) < 4.78 is 7.20. The minimum Gasteiger partial charge on any atom is -0.462 e. The van der Waals surface area contributed by atoms with Crippen LogP contribution in [0.25, 0.3) is 34.3 Å². The topological polar surface area (TPSA) is 97.7 Å². The molecule has 0 radical (unpaired) electrons. The van der Waals surface area contributed by atoms with Crippen molar-refractivity contribution in [2.24, 2.45) is 0 Å². The predicted octanol–water partition coefficient (Wildman–Crippen LogP) is 6.96. The molecule has 0 bridgehead atoms. The Hall–Kier alpha value is -6.02. The number of nitrogens with zero attached hydrogens (tertiary/aromatic N) is 2. The Labute approximate surface area is 260 Å². The van der Waals surface area contributed by atoms with Gasteiger partial charge in [-0.1, -0.05) is 78.9 Å². The van der Waals surface area contributed by atoms with Gasteiger partial charge in [0.05, 0.1) is 29.2 Å². The van der Waals surface area contributed by atoms with Crippen LogP contribution >= 0.6 is 0 Å². The quantitative estimate of drug-likeness (QED) is 0.125. The lowest BCUT2D eigenvalue weighted by Crippen LogP contribution is -2.54. The number of esters is 1. The van der Waals surface area contributed by atoms with E-state index in [1.807, 2.05) is 89.5 Å². The van der Waals surface area contributed by atoms with Crippen molar-refractivity contribution in [3.8, 4) is 28.2 Å². The van der Waals surface area contributed by atoms with Gasteiger partial charge in [-0.05, 0) is 73.0 Å². The Kier molecular flexibility index (Phi) is 7.95. The molecule has 8 heteroatoms. The molecule has 5 aromatic rings. The van der Waals surface area contributed by atoms with Gasteiger partial charge in [-0.15, -0.1) is 0 Å². The zero-order valence-corrected chi connectivity index (χ0v) is 24.7. The molecule has 1 aromatic heterocycles. The number of anilines is 1. The number of carbonyl (C=O) groups excluding carboxylic acids is 4. The zero-order valence-electron chi connectivity index (χ0n) is 24.7. The Morgan fingerprint density at radius 2 is 1.42 bits per heavy atom. The minimum absolute atomic E-state index is 0.176. The van der Waals surface area contributed by atoms with Gasteiger partial charge < -0.3 is 9.30 Å². The van der Waals surface area contributed by atoms with Crippen LogP contribution in [0.4, 0.5) is 10.5 Å². The highest BCUT2D eigenvalue weighted by Gasteiger charge is 2.37. The normalized spacial score (nSPS) is 14.0. The number of carbonyl (C=O) groups is 4. The summed E-state index contributed by atoms with van der Waals surface area (Å²) >= 11 is 0. The van der Waals surface area contributed by atoms with E-state index in [1.54, 1.807) is 44.2 Å². The van der Waals surface area contributed by atoms with Crippen LogP contribution in [0.1, 0.15) is 28.4 Å². The third-order valence-corrected chi connectivity index (χ3v) is 7.54. The number of ether oxygens (including phenoxy) is 1. The van der Waals surface area contributed by atoms with Crippen LogP contribution in [-0.4, -0.2) is 35.0 Å². The largest absolute Gasteiger partial charge is 0.462 e. The van der Waals surface area contributed by atoms with Crippen LogP contribution in [0.15, 0.2) is 121 Å². The number of aryl methyl sites for hydroxylation is 1. The number of urea groups is 1. The van der Waals surface area contributed by atoms with Crippen molar-refractivity contribution in [1.82, 2.24) is 9.88 Å². The van der Waals surface area contributed by atoms with E-state index in [1.165, 1.54) is 6.08 Å². The van der Waals surface area contributed by atoms with Crippen LogP contribution in [0.3, 0.4) is 0 Å². The number of hydrogen-bond donors (Lipinski definition) is 1. The Bertz CT molecular complexity index is 1960. The first-order chi connectivity index (χ1) is 21.9. The number of para-hydroxylation sites is 1. The van der Waals surface area contributed by atoms with E-state index < -0.39 is 23.8 Å². The molecule has 6 rings (SSSR count). The summed E-state index contributed by atoms with van der Waals surface area (Å²) in [4.78, 5) is 53.4. The molecule has 0 unspecified atom stereocenters. The second-order valence-electron chi connectivity index (χ2n) is 10.4. The average molecular weight is 596 g/mol. The number of rotatable bonds is 7. The molecular formula is C37H29N3O5. The third kappa shape index (κ3) is 5.57. The molecule has 1 N–H and O–H groups in total. The number of imide groups is 2. The molecule has 2 heterocycles. The lowest BCUT2D eigenvalue weighted by atomic mass is 10.0. The van der Waals surface area contributed by atoms with Crippen molar-refractivity contribution in [2.45, 2.75) is 13.8 Å². The zero-order chi connectivity index (χ0) is 31.5. The summed E-state index contributed by atoms with van der Waals surface area (Å²) in [6, 6.07) is 34.6. The van der Waals surface area contributed by atoms with Gasteiger partial charge >= 0.3 is 12.0 Å². The highest BCUT2D eigenvalue weighted by molar-refractivity contribution is 6.39. The van der Waals surface area contributed by atoms with Crippen molar-refractivity contribution >= 4 is 35.6 Å². The fourth-order valence-corrected chi connectivity index (χ4v) is 5.43. The van der Waals surface area contributed by atoms with Crippen LogP contribution in [-0.2, 0) is 14.3 Å². The van der Waals surface area contributed by atoms with E-state index >= 15 is 0 Å². The molecular weight excluding hydrogens is 566 g/mol. The van der Waals surface area contributed by atoms with Gasteiger partial charge in [0.25, 0.3) is 11.8 Å². The monoisotopic (exact) mass is 595 g/mol. The van der Waals surface area contributed by atoms with Gasteiger partial charge in [0.1, 0.15) is 5.57 Å². The van der Waals surface area contributed by atoms with E-state index in [9.17, 15) is 19.2 Å². The number of amides is 4. The van der Waals surface area contributed by atoms with Crippen LogP contribution < -0.4 is 10.2 Å². The highest BCUT2D eigenvalue weighted by Crippen LogP contribution is 2.38. The molecule has 8 nitrogen and oxygen atoms in total. The maximum absolute atomic E-state index is 13.9. The summed E-state index contributed by atoms with van der Waals surface area (Å²) in [7, 11) is 0. The van der Waals surface area contributed by atoms with Crippen LogP contribution in [0.2, 0.25) is 0 Å². The SMILES string of the molecule is CCOC(=O)c1ccc(-n2c(-c3ccccc3)cc(/C=C3/C(=O)NC(=O)N(c4ccccc4C)C3=O)c2-c2ccccc2)cc1. The molecule has 1 aliphatic heterocycles. The third-order valence-electron chi connectivity index (χ3n) is 7.54. The second kappa shape index (κ2) is 12.3. The van der Waals surface area contributed by atoms with Crippen molar-refractivity contribution in [2.75, 3.05) is 11.5 Å². The maximum atomic E-state index is 13.9. The highest BCUT2D eigenvalue weighted by atomic mass is 16.5. The van der Waals surface area contributed by atoms with Gasteiger partial charge in [0.2, 0.25) is 0 Å². The van der Waals surface area contributed by atoms with E-state index in [0.29, 0.717) is 28.1 Å². The fourth-order valence-electron chi connectivity index (χ4n) is 5.43. The van der Waals surface area contributed by atoms with E-state index in [-0.39, 0.29) is 12.2 Å². The standard InChI is InChI=1S/C37H29N3O5/c1-3-45-36(43)27-18-20-29(21-19-27)39-32(25-13-6-4-7-14-25)23-28(33(39)26-15-8-5-9-16-26)22-30-34(41)38-37(44)40(35(30)42)31-17-11-10-12-24(31)2/h4-23H,3H2,1-2H3,(H,38,41,44)/b30-22-. The van der Waals surface area contributed by atoms with Crippen molar-refractivity contribution in [3.63, 3.8) is 0 Å². The number of aromatic nitrogens is 1. The van der Waals surface area contributed by atoms with Crippen molar-refractivity contribution in [3.05, 3.63) is 138 Å². The number of benzene rings is 4. The second-order valence-corrected chi connectivity index (χ2v) is 10.4. The summed E-state index contributed by atoms with van der Waals surface area (Å²) in [6.45, 7) is 3.82. The van der Waals surface area contributed by atoms with Gasteiger partial charge in [-0.25, -0.2) is 14.5 Å². The molecule has 0 atom stereocenters. The van der Waals surface area contributed by atoms with Crippen molar-refractivity contribution in [1.29, 1.82) is 0 Å². The van der Waals surface area contributed by atoms with Gasteiger partial charge in [0, 0.05) is 11.3 Å². The lowest BCUT2D eigenvalue weighted by molar-refractivity contribution is -0.122. The molecule has 0 aliphatic carbocycles. The molecule has 0 saturated carbocycles. The molecule has 1 saturated heterocycles. The Morgan fingerprint density at radius 3 is 2.07 bits per heavy atom. The summed E-state index contributed by atoms with van der Waals surface area (Å²) in [6.07, 6.45) is 1.54. The summed E-state index contributed by atoms with van der Waals surface area (Å²) in [5, 5.41) is 2.34. The maximum Gasteiger partial charge on any atom is 0.338 e. The first-order valence-corrected chi connectivity index (χ1v) is 14.5. The summed E-state index contributed by atoms with van der Waals surface area (Å²) in [5.74, 6) is -1.91.